The minimum atomic E-state index is -4.94. The summed E-state index contributed by atoms with van der Waals surface area (Å²) in [6.45, 7) is 4.06. The molecule has 0 saturated carbocycles. The smallest absolute Gasteiger partial charge is 0.379 e. The van der Waals surface area contributed by atoms with Crippen LogP contribution in [0, 0.1) is 17.2 Å². The van der Waals surface area contributed by atoms with Gasteiger partial charge in [0.05, 0.1) is 6.61 Å². The molecule has 24 heavy (non-hydrogen) atoms. The molecule has 130 valence electrons. The summed E-state index contributed by atoms with van der Waals surface area (Å²) >= 11 is 0. The van der Waals surface area contributed by atoms with Crippen molar-refractivity contribution in [3.63, 3.8) is 0 Å². The number of hydrogen-bond acceptors (Lipinski definition) is 7. The van der Waals surface area contributed by atoms with E-state index in [-0.39, 0.29) is 11.1 Å². The van der Waals surface area contributed by atoms with Gasteiger partial charge < -0.3 is 9.15 Å². The Morgan fingerprint density at radius 1 is 1.12 bits per heavy atom. The fourth-order valence-corrected chi connectivity index (χ4v) is 1.70. The van der Waals surface area contributed by atoms with Crippen LogP contribution in [0.25, 0.3) is 11.3 Å². The van der Waals surface area contributed by atoms with Gasteiger partial charge in [0.15, 0.2) is 5.56 Å². The fourth-order valence-electron chi connectivity index (χ4n) is 1.70. The van der Waals surface area contributed by atoms with Crippen molar-refractivity contribution in [3.05, 3.63) is 53.1 Å². The highest BCUT2D eigenvalue weighted by Gasteiger charge is 2.15. The van der Waals surface area contributed by atoms with E-state index in [1.54, 1.807) is 19.1 Å². The first-order valence-electron chi connectivity index (χ1n) is 6.70. The molecule has 0 aliphatic heterocycles. The van der Waals surface area contributed by atoms with Crippen LogP contribution in [-0.4, -0.2) is 12.6 Å². The summed E-state index contributed by atoms with van der Waals surface area (Å²) in [4.78, 5) is 11.6. The molecule has 0 bridgehead atoms. The van der Waals surface area contributed by atoms with Crippen molar-refractivity contribution in [2.75, 3.05) is 6.61 Å². The van der Waals surface area contributed by atoms with E-state index < -0.39 is 16.2 Å². The van der Waals surface area contributed by atoms with E-state index in [0.29, 0.717) is 12.4 Å². The summed E-state index contributed by atoms with van der Waals surface area (Å²) < 4.78 is 44.3. The quantitative estimate of drug-likeness (QED) is 0.554. The van der Waals surface area contributed by atoms with Gasteiger partial charge in [-0.15, -0.1) is 10.2 Å². The number of carbonyl (C=O) groups excluding carboxylic acids is 1. The Hall–Kier alpha value is -2.23. The van der Waals surface area contributed by atoms with E-state index in [1.165, 1.54) is 5.56 Å². The number of halogens is 1. The predicted octanol–water partition coefficient (Wildman–Crippen LogP) is -3.66. The van der Waals surface area contributed by atoms with Crippen LogP contribution in [-0.2, 0) is 4.74 Å². The molecule has 0 aliphatic carbocycles. The average molecular weight is 358 g/mol. The van der Waals surface area contributed by atoms with E-state index >= 15 is 0 Å². The molecule has 0 fully saturated rings. The fraction of sp³-hybridized carbons (Fsp3) is 0.200. The average Bonchev–Trinajstić information content (AvgIpc) is 2.46. The number of carbonyl (C=O) groups is 1. The normalized spacial score (nSPS) is 10.6. The van der Waals surface area contributed by atoms with Crippen LogP contribution in [0.2, 0.25) is 0 Å². The maximum Gasteiger partial charge on any atom is 0.379 e. The monoisotopic (exact) mass is 357 g/mol. The van der Waals surface area contributed by atoms with E-state index in [1.807, 2.05) is 31.2 Å². The highest BCUT2D eigenvalue weighted by atomic mass is 35.7. The summed E-state index contributed by atoms with van der Waals surface area (Å²) in [6, 6.07) is 11.2. The third-order valence-electron chi connectivity index (χ3n) is 2.72. The third kappa shape index (κ3) is 6.90. The minimum Gasteiger partial charge on any atom is -0.462 e. The lowest BCUT2D eigenvalue weighted by Gasteiger charge is -2.17. The molecule has 0 amide bonds. The first-order chi connectivity index (χ1) is 11.1. The molecule has 0 radical (unpaired) electrons. The summed E-state index contributed by atoms with van der Waals surface area (Å²) in [5.74, 6) is 0.143. The molecule has 1 aromatic heterocycles. The summed E-state index contributed by atoms with van der Waals surface area (Å²) in [6.07, 6.45) is 0. The van der Waals surface area contributed by atoms with Gasteiger partial charge in [-0.05, 0) is 26.0 Å². The van der Waals surface area contributed by atoms with Crippen LogP contribution in [0.1, 0.15) is 22.8 Å². The molecular formula is C15H16ClNO7. The number of esters is 1. The summed E-state index contributed by atoms with van der Waals surface area (Å²) in [7, 11) is -4.94. The Kier molecular flexibility index (Phi) is 7.08. The zero-order chi connectivity index (χ0) is 18.3. The molecule has 1 aromatic carbocycles. The van der Waals surface area contributed by atoms with Gasteiger partial charge in [-0.1, -0.05) is 29.8 Å². The SMILES string of the molecule is CCOC(=O)c1ccc(-c2ccc(C)cc2)oc1=[NH2+].[O-][Cl+3]([O-])([O-])[O-]. The molecule has 0 aliphatic rings. The first-order valence-corrected chi connectivity index (χ1v) is 7.93. The minimum absolute atomic E-state index is 0.0662. The molecule has 0 unspecified atom stereocenters. The second-order valence-corrected chi connectivity index (χ2v) is 5.30. The molecule has 8 nitrogen and oxygen atoms in total. The highest BCUT2D eigenvalue weighted by molar-refractivity contribution is 5.88. The van der Waals surface area contributed by atoms with Crippen molar-refractivity contribution in [2.24, 2.45) is 0 Å². The lowest BCUT2D eigenvalue weighted by atomic mass is 10.1. The van der Waals surface area contributed by atoms with Crippen molar-refractivity contribution in [2.45, 2.75) is 13.8 Å². The number of nitrogens with two attached hydrogens (primary N) is 1. The van der Waals surface area contributed by atoms with Gasteiger partial charge >= 0.3 is 11.5 Å². The van der Waals surface area contributed by atoms with Gasteiger partial charge in [-0.3, -0.25) is 0 Å². The topological polar surface area (TPSA) is 157 Å². The number of aryl methyl sites for hydroxylation is 1. The molecule has 2 N–H and O–H groups in total. The van der Waals surface area contributed by atoms with Gasteiger partial charge in [0.25, 0.3) is 0 Å². The zero-order valence-corrected chi connectivity index (χ0v) is 13.7. The van der Waals surface area contributed by atoms with Crippen LogP contribution in [0.4, 0.5) is 0 Å². The van der Waals surface area contributed by atoms with Gasteiger partial charge in [0, 0.05) is 5.56 Å². The van der Waals surface area contributed by atoms with E-state index in [4.69, 9.17) is 33.2 Å². The van der Waals surface area contributed by atoms with E-state index in [2.05, 4.69) is 0 Å². The lowest BCUT2D eigenvalue weighted by molar-refractivity contribution is -2.00. The van der Waals surface area contributed by atoms with Crippen molar-refractivity contribution < 1.29 is 48.2 Å². The Morgan fingerprint density at radius 3 is 2.12 bits per heavy atom. The van der Waals surface area contributed by atoms with Crippen molar-refractivity contribution >= 4 is 5.97 Å². The first kappa shape index (κ1) is 19.8. The Labute approximate surface area is 139 Å². The van der Waals surface area contributed by atoms with Crippen LogP contribution in [0.15, 0.2) is 40.8 Å². The van der Waals surface area contributed by atoms with E-state index in [9.17, 15) is 4.79 Å². The third-order valence-corrected chi connectivity index (χ3v) is 2.72. The molecule has 9 heteroatoms. The second-order valence-electron chi connectivity index (χ2n) is 4.54. The Bertz CT molecular complexity index is 729. The molecule has 0 spiro atoms. The number of benzene rings is 1. The van der Waals surface area contributed by atoms with Crippen LogP contribution < -0.4 is 29.6 Å². The van der Waals surface area contributed by atoms with Crippen molar-refractivity contribution in [1.82, 2.24) is 0 Å². The standard InChI is InChI=1S/C15H15NO3.ClHO4/c1-3-18-15(17)12-8-9-13(19-14(12)16)11-6-4-10(2)5-7-11;2-1(3,4)5/h4-9,16H,3H2,1-2H3;(H,2,3,4,5). The van der Waals surface area contributed by atoms with Gasteiger partial charge in [0.1, 0.15) is 5.76 Å². The van der Waals surface area contributed by atoms with Gasteiger partial charge in [-0.2, -0.15) is 0 Å². The zero-order valence-electron chi connectivity index (χ0n) is 13.0. The number of hydrogen-bond donors (Lipinski definition) is 1. The maximum atomic E-state index is 11.6. The summed E-state index contributed by atoms with van der Waals surface area (Å²) in [5, 5.41) is 5.75. The largest absolute Gasteiger partial charge is 0.462 e. The summed E-state index contributed by atoms with van der Waals surface area (Å²) in [5.41, 5.74) is 2.39. The van der Waals surface area contributed by atoms with Crippen LogP contribution in [0.3, 0.4) is 0 Å². The lowest BCUT2D eigenvalue weighted by Crippen LogP contribution is -2.68. The maximum absolute atomic E-state index is 11.6. The van der Waals surface area contributed by atoms with Gasteiger partial charge in [-0.25, -0.2) is 28.8 Å². The number of rotatable bonds is 3. The molecule has 1 heterocycles. The van der Waals surface area contributed by atoms with Gasteiger partial charge in [0.2, 0.25) is 0 Å². The molecule has 2 rings (SSSR count). The molecule has 0 atom stereocenters. The highest BCUT2D eigenvalue weighted by Crippen LogP contribution is 2.18. The van der Waals surface area contributed by atoms with Crippen LogP contribution >= 0.6 is 0 Å². The predicted molar refractivity (Wildman–Crippen MR) is 69.9 cm³/mol. The number of ether oxygens (including phenoxy) is 1. The van der Waals surface area contributed by atoms with E-state index in [0.717, 1.165) is 5.56 Å². The second kappa shape index (κ2) is 8.57. The van der Waals surface area contributed by atoms with Crippen molar-refractivity contribution in [1.29, 1.82) is 0 Å². The van der Waals surface area contributed by atoms with Crippen molar-refractivity contribution in [3.8, 4) is 11.3 Å². The molecule has 0 saturated heterocycles. The van der Waals surface area contributed by atoms with Crippen LogP contribution in [0.5, 0.6) is 0 Å². The Balaban J connectivity index is 0.000000505. The Morgan fingerprint density at radius 2 is 1.67 bits per heavy atom. The molecule has 2 aromatic rings. The molecular weight excluding hydrogens is 342 g/mol.